The van der Waals surface area contributed by atoms with Crippen LogP contribution in [0.1, 0.15) is 74.1 Å². The second-order valence-corrected chi connectivity index (χ2v) is 6.77. The van der Waals surface area contributed by atoms with Gasteiger partial charge in [0.15, 0.2) is 0 Å². The van der Waals surface area contributed by atoms with Crippen LogP contribution >= 0.6 is 0 Å². The molecule has 0 fully saturated rings. The van der Waals surface area contributed by atoms with Crippen LogP contribution in [-0.2, 0) is 29.1 Å². The number of methoxy groups -OCH3 is 1. The fourth-order valence-corrected chi connectivity index (χ4v) is 1.05. The molecule has 0 unspecified atom stereocenters. The van der Waals surface area contributed by atoms with E-state index >= 15 is 0 Å². The Labute approximate surface area is 134 Å². The molecule has 0 saturated heterocycles. The van der Waals surface area contributed by atoms with Gasteiger partial charge in [-0.1, -0.05) is 13.8 Å². The Balaban J connectivity index is 4.77. The van der Waals surface area contributed by atoms with E-state index in [0.29, 0.717) is 0 Å². The predicted octanol–water partition coefficient (Wildman–Crippen LogP) is 3.93. The van der Waals surface area contributed by atoms with Crippen molar-refractivity contribution in [3.8, 4) is 0 Å². The maximum absolute atomic E-state index is 11.4. The van der Waals surface area contributed by atoms with E-state index in [4.69, 9.17) is 19.6 Å². The topological polar surface area (TPSA) is 63.2 Å². The van der Waals surface area contributed by atoms with Gasteiger partial charge in [0.25, 0.3) is 0 Å². The molecule has 0 rings (SSSR count). The van der Waals surface area contributed by atoms with Crippen LogP contribution in [-0.4, -0.2) is 30.1 Å². The first-order valence-corrected chi connectivity index (χ1v) is 7.79. The Morgan fingerprint density at radius 1 is 0.818 bits per heavy atom. The highest BCUT2D eigenvalue weighted by atomic mass is 17.3. The van der Waals surface area contributed by atoms with Gasteiger partial charge in [0.2, 0.25) is 5.79 Å². The molecule has 132 valence electrons. The first-order chi connectivity index (χ1) is 9.99. The van der Waals surface area contributed by atoms with Crippen molar-refractivity contribution >= 4 is 5.97 Å². The third-order valence-corrected chi connectivity index (χ3v) is 3.60. The molecule has 6 nitrogen and oxygen atoms in total. The van der Waals surface area contributed by atoms with Crippen molar-refractivity contribution < 1.29 is 29.1 Å². The summed E-state index contributed by atoms with van der Waals surface area (Å²) in [5.41, 5.74) is -0.924. The van der Waals surface area contributed by atoms with Gasteiger partial charge in [-0.2, -0.15) is 9.78 Å². The lowest BCUT2D eigenvalue weighted by Crippen LogP contribution is -2.40. The summed E-state index contributed by atoms with van der Waals surface area (Å²) in [6.07, 6.45) is 1.92. The number of carbonyl (C=O) groups excluding carboxylic acids is 1. The summed E-state index contributed by atoms with van der Waals surface area (Å²) in [7, 11) is 1.34. The van der Waals surface area contributed by atoms with Crippen molar-refractivity contribution in [1.82, 2.24) is 0 Å². The lowest BCUT2D eigenvalue weighted by Gasteiger charge is -2.34. The monoisotopic (exact) mass is 320 g/mol. The van der Waals surface area contributed by atoms with Crippen LogP contribution in [0.5, 0.6) is 0 Å². The van der Waals surface area contributed by atoms with E-state index in [1.807, 2.05) is 41.5 Å². The number of esters is 1. The molecule has 0 heterocycles. The summed E-state index contributed by atoms with van der Waals surface area (Å²) >= 11 is 0. The number of hydrogen-bond acceptors (Lipinski definition) is 6. The SMILES string of the molecule is CCC(C)(C)OOC(C)(CCC(=O)OC)OOC(C)(C)CC. The minimum absolute atomic E-state index is 0.138. The Hall–Kier alpha value is -0.690. The molecule has 0 amide bonds. The van der Waals surface area contributed by atoms with Gasteiger partial charge in [0, 0.05) is 6.42 Å². The maximum Gasteiger partial charge on any atom is 0.305 e. The first-order valence-electron chi connectivity index (χ1n) is 7.79. The highest BCUT2D eigenvalue weighted by molar-refractivity contribution is 5.69. The Morgan fingerprint density at radius 3 is 1.55 bits per heavy atom. The summed E-state index contributed by atoms with van der Waals surface area (Å²) in [6, 6.07) is 0. The highest BCUT2D eigenvalue weighted by Gasteiger charge is 2.35. The molecule has 0 aromatic carbocycles. The zero-order valence-corrected chi connectivity index (χ0v) is 15.3. The summed E-state index contributed by atoms with van der Waals surface area (Å²) in [4.78, 5) is 33.2. The third-order valence-electron chi connectivity index (χ3n) is 3.60. The summed E-state index contributed by atoms with van der Waals surface area (Å²) in [5, 5.41) is 0. The Morgan fingerprint density at radius 2 is 1.23 bits per heavy atom. The molecule has 22 heavy (non-hydrogen) atoms. The second-order valence-electron chi connectivity index (χ2n) is 6.77. The minimum atomic E-state index is -1.20. The summed E-state index contributed by atoms with van der Waals surface area (Å²) < 4.78 is 4.65. The van der Waals surface area contributed by atoms with E-state index in [9.17, 15) is 4.79 Å². The molecule has 0 aromatic rings. The molecule has 0 aromatic heterocycles. The molecule has 0 aliphatic heterocycles. The van der Waals surface area contributed by atoms with Gasteiger partial charge in [-0.15, -0.1) is 0 Å². The predicted molar refractivity (Wildman–Crippen MR) is 82.7 cm³/mol. The van der Waals surface area contributed by atoms with Crippen LogP contribution in [0.3, 0.4) is 0 Å². The molecule has 0 aliphatic carbocycles. The van der Waals surface area contributed by atoms with Crippen LogP contribution < -0.4 is 0 Å². The zero-order valence-electron chi connectivity index (χ0n) is 15.3. The second kappa shape index (κ2) is 8.82. The van der Waals surface area contributed by atoms with Crippen LogP contribution in [0.4, 0.5) is 0 Å². The first kappa shape index (κ1) is 21.3. The quantitative estimate of drug-likeness (QED) is 0.249. The minimum Gasteiger partial charge on any atom is -0.469 e. The van der Waals surface area contributed by atoms with Gasteiger partial charge >= 0.3 is 5.97 Å². The van der Waals surface area contributed by atoms with Crippen molar-refractivity contribution in [2.45, 2.75) is 91.1 Å². The van der Waals surface area contributed by atoms with Gasteiger partial charge in [0.1, 0.15) is 0 Å². The summed E-state index contributed by atoms with van der Waals surface area (Å²) in [6.45, 7) is 13.3. The Kier molecular flexibility index (Phi) is 8.54. The van der Waals surface area contributed by atoms with Gasteiger partial charge < -0.3 is 4.74 Å². The molecule has 0 saturated carbocycles. The number of rotatable bonds is 11. The van der Waals surface area contributed by atoms with Crippen LogP contribution in [0.25, 0.3) is 0 Å². The molecule has 0 bridgehead atoms. The lowest BCUT2D eigenvalue weighted by atomic mass is 10.1. The van der Waals surface area contributed by atoms with Crippen molar-refractivity contribution in [3.05, 3.63) is 0 Å². The van der Waals surface area contributed by atoms with Crippen molar-refractivity contribution in [2.24, 2.45) is 0 Å². The molecule has 6 heteroatoms. The largest absolute Gasteiger partial charge is 0.469 e. The molecule has 0 spiro atoms. The average molecular weight is 320 g/mol. The van der Waals surface area contributed by atoms with Crippen molar-refractivity contribution in [1.29, 1.82) is 0 Å². The smallest absolute Gasteiger partial charge is 0.305 e. The number of carbonyl (C=O) groups is 1. The fourth-order valence-electron chi connectivity index (χ4n) is 1.05. The molecule has 0 N–H and O–H groups in total. The molecular weight excluding hydrogens is 288 g/mol. The lowest BCUT2D eigenvalue weighted by molar-refractivity contribution is -0.539. The normalized spacial score (nSPS) is 13.3. The molecular formula is C16H32O6. The van der Waals surface area contributed by atoms with E-state index in [2.05, 4.69) is 4.74 Å². The van der Waals surface area contributed by atoms with Gasteiger partial charge in [-0.25, -0.2) is 9.78 Å². The highest BCUT2D eigenvalue weighted by Crippen LogP contribution is 2.27. The zero-order chi connectivity index (χ0) is 17.4. The molecule has 0 aliphatic rings. The number of hydrogen-bond donors (Lipinski definition) is 0. The number of ether oxygens (including phenoxy) is 1. The van der Waals surface area contributed by atoms with Crippen molar-refractivity contribution in [3.63, 3.8) is 0 Å². The van der Waals surface area contributed by atoms with E-state index in [-0.39, 0.29) is 18.8 Å². The average Bonchev–Trinajstić information content (AvgIpc) is 2.49. The van der Waals surface area contributed by atoms with Crippen LogP contribution in [0, 0.1) is 0 Å². The van der Waals surface area contributed by atoms with Crippen molar-refractivity contribution in [2.75, 3.05) is 7.11 Å². The third kappa shape index (κ3) is 8.68. The van der Waals surface area contributed by atoms with E-state index in [1.54, 1.807) is 6.92 Å². The van der Waals surface area contributed by atoms with Gasteiger partial charge in [-0.05, 0) is 47.5 Å². The van der Waals surface area contributed by atoms with Gasteiger partial charge in [-0.3, -0.25) is 4.79 Å². The molecule has 0 atom stereocenters. The Bertz CT molecular complexity index is 318. The van der Waals surface area contributed by atoms with Crippen LogP contribution in [0.2, 0.25) is 0 Å². The fraction of sp³-hybridized carbons (Fsp3) is 0.938. The van der Waals surface area contributed by atoms with Crippen LogP contribution in [0.15, 0.2) is 0 Å². The standard InChI is InChI=1S/C16H32O6/c1-9-14(3,4)19-21-16(7,12-11-13(17)18-8)22-20-15(5,6)10-2/h9-12H2,1-8H3. The molecule has 0 radical (unpaired) electrons. The van der Waals surface area contributed by atoms with E-state index in [0.717, 1.165) is 12.8 Å². The summed E-state index contributed by atoms with van der Waals surface area (Å²) in [5.74, 6) is -1.55. The maximum atomic E-state index is 11.4. The van der Waals surface area contributed by atoms with E-state index < -0.39 is 17.0 Å². The van der Waals surface area contributed by atoms with E-state index in [1.165, 1.54) is 7.11 Å². The van der Waals surface area contributed by atoms with Gasteiger partial charge in [0.05, 0.1) is 24.7 Å².